The molecule has 218 valence electrons. The van der Waals surface area contributed by atoms with E-state index in [1.165, 1.54) is 6.21 Å². The van der Waals surface area contributed by atoms with Crippen LogP contribution >= 0.6 is 15.9 Å². The zero-order chi connectivity index (χ0) is 29.5. The molecule has 2 aromatic carbocycles. The molecule has 1 atom stereocenters. The number of alkyl carbamates (subject to hydrolysis) is 1. The van der Waals surface area contributed by atoms with Gasteiger partial charge in [0, 0.05) is 0 Å². The minimum Gasteiger partial charge on any atom is -0.490 e. The van der Waals surface area contributed by atoms with Crippen molar-refractivity contribution in [1.29, 1.82) is 0 Å². The second-order valence-electron chi connectivity index (χ2n) is 9.29. The Morgan fingerprint density at radius 2 is 1.77 bits per heavy atom. The van der Waals surface area contributed by atoms with Crippen molar-refractivity contribution in [2.75, 3.05) is 26.4 Å². The summed E-state index contributed by atoms with van der Waals surface area (Å²) in [5.41, 5.74) is 3.16. The molecule has 0 fully saturated rings. The van der Waals surface area contributed by atoms with E-state index < -0.39 is 29.6 Å². The van der Waals surface area contributed by atoms with Crippen molar-refractivity contribution in [3.8, 4) is 11.5 Å². The van der Waals surface area contributed by atoms with Crippen molar-refractivity contribution in [2.24, 2.45) is 5.10 Å². The van der Waals surface area contributed by atoms with E-state index in [-0.39, 0.29) is 26.4 Å². The first kappa shape index (κ1) is 32.6. The largest absolute Gasteiger partial charge is 0.490 e. The van der Waals surface area contributed by atoms with Gasteiger partial charge in [-0.2, -0.15) is 5.10 Å². The Hall–Kier alpha value is -3.64. The molecule has 0 aliphatic rings. The average molecular weight is 623 g/mol. The van der Waals surface area contributed by atoms with Crippen LogP contribution in [-0.4, -0.2) is 62.3 Å². The minimum atomic E-state index is -1.07. The van der Waals surface area contributed by atoms with Gasteiger partial charge in [0.05, 0.1) is 37.1 Å². The van der Waals surface area contributed by atoms with Crippen LogP contribution in [0.2, 0.25) is 0 Å². The topological polar surface area (TPSA) is 134 Å². The van der Waals surface area contributed by atoms with Crippen LogP contribution in [0.15, 0.2) is 52.0 Å². The summed E-state index contributed by atoms with van der Waals surface area (Å²) in [7, 11) is 0. The lowest BCUT2D eigenvalue weighted by Gasteiger charge is -2.22. The first-order chi connectivity index (χ1) is 19.0. The van der Waals surface area contributed by atoms with Gasteiger partial charge in [-0.05, 0) is 73.8 Å². The number of halogens is 1. The number of hydrazone groups is 1. The average Bonchev–Trinajstić information content (AvgIpc) is 2.87. The Labute approximate surface area is 242 Å². The third-order valence-electron chi connectivity index (χ3n) is 4.76. The highest BCUT2D eigenvalue weighted by Crippen LogP contribution is 2.36. The van der Waals surface area contributed by atoms with E-state index in [1.807, 2.05) is 37.3 Å². The lowest BCUT2D eigenvalue weighted by Crippen LogP contribution is -2.49. The molecule has 0 aliphatic heterocycles. The number of nitrogens with one attached hydrogen (secondary N) is 2. The first-order valence-electron chi connectivity index (χ1n) is 12.7. The number of amides is 2. The highest BCUT2D eigenvalue weighted by atomic mass is 79.9. The monoisotopic (exact) mass is 621 g/mol. The number of nitrogens with zero attached hydrogens (tertiary/aromatic N) is 1. The molecule has 0 heterocycles. The number of ether oxygens (including phenoxy) is 5. The van der Waals surface area contributed by atoms with Crippen molar-refractivity contribution in [2.45, 2.75) is 52.9 Å². The Kier molecular flexibility index (Phi) is 13.4. The van der Waals surface area contributed by atoms with Crippen LogP contribution in [0.4, 0.5) is 4.79 Å². The van der Waals surface area contributed by atoms with Gasteiger partial charge in [0.1, 0.15) is 11.6 Å². The van der Waals surface area contributed by atoms with E-state index in [0.717, 1.165) is 5.56 Å². The van der Waals surface area contributed by atoms with E-state index in [2.05, 4.69) is 31.8 Å². The summed E-state index contributed by atoms with van der Waals surface area (Å²) in [6, 6.07) is 11.7. The van der Waals surface area contributed by atoms with Crippen LogP contribution in [0.1, 0.15) is 45.7 Å². The van der Waals surface area contributed by atoms with Crippen LogP contribution in [-0.2, 0) is 30.4 Å². The summed E-state index contributed by atoms with van der Waals surface area (Å²) in [4.78, 5) is 36.9. The molecule has 0 saturated heterocycles. The maximum atomic E-state index is 12.9. The van der Waals surface area contributed by atoms with Crippen molar-refractivity contribution >= 4 is 40.1 Å². The van der Waals surface area contributed by atoms with Gasteiger partial charge in [0.15, 0.2) is 18.1 Å². The smallest absolute Gasteiger partial charge is 0.408 e. The molecule has 0 bridgehead atoms. The van der Waals surface area contributed by atoms with Gasteiger partial charge in [0.25, 0.3) is 5.91 Å². The van der Waals surface area contributed by atoms with Gasteiger partial charge in [-0.3, -0.25) is 4.79 Å². The minimum absolute atomic E-state index is 0.109. The molecule has 0 radical (unpaired) electrons. The molecule has 0 unspecified atom stereocenters. The number of carbonyl (C=O) groups excluding carboxylic acids is 3. The van der Waals surface area contributed by atoms with Crippen LogP contribution in [0.25, 0.3) is 0 Å². The third-order valence-corrected chi connectivity index (χ3v) is 5.35. The van der Waals surface area contributed by atoms with Gasteiger partial charge in [0.2, 0.25) is 0 Å². The van der Waals surface area contributed by atoms with Crippen LogP contribution in [0.5, 0.6) is 11.5 Å². The van der Waals surface area contributed by atoms with Crippen LogP contribution in [0, 0.1) is 0 Å². The van der Waals surface area contributed by atoms with Crippen molar-refractivity contribution in [3.05, 3.63) is 58.1 Å². The fourth-order valence-corrected chi connectivity index (χ4v) is 3.72. The normalized spacial score (nSPS) is 11.9. The van der Waals surface area contributed by atoms with Gasteiger partial charge in [-0.15, -0.1) is 0 Å². The summed E-state index contributed by atoms with van der Waals surface area (Å²) >= 11 is 3.42. The first-order valence-corrected chi connectivity index (χ1v) is 13.5. The molecule has 2 amide bonds. The Morgan fingerprint density at radius 1 is 1.05 bits per heavy atom. The van der Waals surface area contributed by atoms with E-state index in [9.17, 15) is 14.4 Å². The summed E-state index contributed by atoms with van der Waals surface area (Å²) in [6.45, 7) is 9.14. The van der Waals surface area contributed by atoms with E-state index in [0.29, 0.717) is 28.1 Å². The fourth-order valence-electron chi connectivity index (χ4n) is 3.15. The number of carbonyl (C=O) groups is 3. The number of benzene rings is 2. The summed E-state index contributed by atoms with van der Waals surface area (Å²) in [5.74, 6) is -0.415. The van der Waals surface area contributed by atoms with Crippen molar-refractivity contribution in [1.82, 2.24) is 10.7 Å². The second kappa shape index (κ2) is 16.5. The predicted molar refractivity (Wildman–Crippen MR) is 152 cm³/mol. The number of hydrogen-bond acceptors (Lipinski definition) is 9. The Bertz CT molecular complexity index is 1150. The molecule has 0 saturated carbocycles. The molecule has 40 heavy (non-hydrogen) atoms. The van der Waals surface area contributed by atoms with Gasteiger partial charge in [-0.25, -0.2) is 15.0 Å². The molecule has 2 N–H and O–H groups in total. The molecule has 2 aromatic rings. The van der Waals surface area contributed by atoms with E-state index in [1.54, 1.807) is 39.8 Å². The van der Waals surface area contributed by atoms with Crippen LogP contribution < -0.4 is 20.2 Å². The Morgan fingerprint density at radius 3 is 2.42 bits per heavy atom. The standard InChI is InChI=1S/C28H36BrN3O8/c1-6-37-23-14-20(13-21(29)25(23)39-18-24(33)38-7-2)15-30-32-26(34)22(31-27(35)40-28(3,4)5)17-36-16-19-11-9-8-10-12-19/h8-15,22H,6-7,16-18H2,1-5H3,(H,31,35)(H,32,34)/b30-15-/t22-/m0/s1. The molecule has 0 aromatic heterocycles. The van der Waals surface area contributed by atoms with Gasteiger partial charge >= 0.3 is 12.1 Å². The summed E-state index contributed by atoms with van der Waals surface area (Å²) in [6.07, 6.45) is 0.638. The summed E-state index contributed by atoms with van der Waals surface area (Å²) in [5, 5.41) is 6.55. The third kappa shape index (κ3) is 12.0. The molecule has 2 rings (SSSR count). The lowest BCUT2D eigenvalue weighted by molar-refractivity contribution is -0.145. The SMILES string of the molecule is CCOC(=O)COc1c(Br)cc(/C=N\NC(=O)[C@H](COCc2ccccc2)NC(=O)OC(C)(C)C)cc1OCC. The number of esters is 1. The highest BCUT2D eigenvalue weighted by Gasteiger charge is 2.24. The molecule has 0 spiro atoms. The van der Waals surface area contributed by atoms with E-state index in [4.69, 9.17) is 23.7 Å². The van der Waals surface area contributed by atoms with Crippen LogP contribution in [0.3, 0.4) is 0 Å². The zero-order valence-corrected chi connectivity index (χ0v) is 24.9. The maximum absolute atomic E-state index is 12.9. The highest BCUT2D eigenvalue weighted by molar-refractivity contribution is 9.10. The van der Waals surface area contributed by atoms with Gasteiger partial charge < -0.3 is 29.0 Å². The molecule has 11 nitrogen and oxygen atoms in total. The van der Waals surface area contributed by atoms with Crippen molar-refractivity contribution in [3.63, 3.8) is 0 Å². The molecule has 0 aliphatic carbocycles. The second-order valence-corrected chi connectivity index (χ2v) is 10.1. The Balaban J connectivity index is 2.09. The predicted octanol–water partition coefficient (Wildman–Crippen LogP) is 4.35. The molecule has 12 heteroatoms. The zero-order valence-electron chi connectivity index (χ0n) is 23.3. The number of hydrogen-bond donors (Lipinski definition) is 2. The summed E-state index contributed by atoms with van der Waals surface area (Å²) < 4.78 is 27.6. The lowest BCUT2D eigenvalue weighted by atomic mass is 10.2. The molecular formula is C28H36BrN3O8. The molecular weight excluding hydrogens is 586 g/mol. The van der Waals surface area contributed by atoms with E-state index >= 15 is 0 Å². The van der Waals surface area contributed by atoms with Crippen molar-refractivity contribution < 1.29 is 38.1 Å². The fraction of sp³-hybridized carbons (Fsp3) is 0.429. The number of rotatable bonds is 14. The maximum Gasteiger partial charge on any atom is 0.408 e. The quantitative estimate of drug-likeness (QED) is 0.181. The van der Waals surface area contributed by atoms with Gasteiger partial charge in [-0.1, -0.05) is 30.3 Å².